The van der Waals surface area contributed by atoms with E-state index in [1.165, 1.54) is 44.6 Å². The van der Waals surface area contributed by atoms with E-state index in [9.17, 15) is 0 Å². The molecule has 0 amide bonds. The Labute approximate surface area is 221 Å². The Morgan fingerprint density at radius 2 is 0.946 bits per heavy atom. The van der Waals surface area contributed by atoms with E-state index in [-0.39, 0.29) is 0 Å². The van der Waals surface area contributed by atoms with Crippen LogP contribution in [0, 0.1) is 34.6 Å². The smallest absolute Gasteiger partial charge is 0.0490 e. The average Bonchev–Trinajstić information content (AvgIpc) is 2.89. The van der Waals surface area contributed by atoms with Gasteiger partial charge in [0.2, 0.25) is 0 Å². The summed E-state index contributed by atoms with van der Waals surface area (Å²) in [5.74, 6) is 0. The number of benzene rings is 5. The monoisotopic (exact) mass is 482 g/mol. The number of nitrogens with zero attached hydrogens (tertiary/aromatic N) is 1. The normalized spacial score (nSPS) is 10.8. The Bertz CT molecular complexity index is 1510. The second kappa shape index (κ2) is 10.4. The summed E-state index contributed by atoms with van der Waals surface area (Å²) < 4.78 is 0. The van der Waals surface area contributed by atoms with Gasteiger partial charge >= 0.3 is 0 Å². The molecule has 2 heteroatoms. The highest BCUT2D eigenvalue weighted by molar-refractivity contribution is 5.80. The molecule has 0 saturated carbocycles. The summed E-state index contributed by atoms with van der Waals surface area (Å²) in [5, 5.41) is 3.54. The van der Waals surface area contributed by atoms with Crippen molar-refractivity contribution in [3.8, 4) is 11.1 Å². The largest absolute Gasteiger partial charge is 0.355 e. The molecule has 0 aliphatic heterocycles. The van der Waals surface area contributed by atoms with Crippen LogP contribution in [0.4, 0.5) is 28.4 Å². The van der Waals surface area contributed by atoms with Crippen LogP contribution in [0.5, 0.6) is 0 Å². The van der Waals surface area contributed by atoms with Gasteiger partial charge in [0.05, 0.1) is 0 Å². The molecular formula is C35H34N2. The molecule has 5 aromatic rings. The van der Waals surface area contributed by atoms with Gasteiger partial charge < -0.3 is 10.2 Å². The van der Waals surface area contributed by atoms with E-state index in [1.54, 1.807) is 0 Å². The maximum Gasteiger partial charge on any atom is 0.0490 e. The van der Waals surface area contributed by atoms with E-state index in [0.717, 1.165) is 22.7 Å². The van der Waals surface area contributed by atoms with Crippen LogP contribution in [-0.2, 0) is 0 Å². The molecule has 0 bridgehead atoms. The van der Waals surface area contributed by atoms with E-state index in [1.807, 2.05) is 0 Å². The van der Waals surface area contributed by atoms with E-state index in [4.69, 9.17) is 0 Å². The highest BCUT2D eigenvalue weighted by atomic mass is 15.1. The van der Waals surface area contributed by atoms with Crippen LogP contribution in [0.3, 0.4) is 0 Å². The van der Waals surface area contributed by atoms with Crippen molar-refractivity contribution >= 4 is 28.4 Å². The van der Waals surface area contributed by atoms with Crippen molar-refractivity contribution in [3.05, 3.63) is 137 Å². The quantitative estimate of drug-likeness (QED) is 0.259. The van der Waals surface area contributed by atoms with Crippen LogP contribution < -0.4 is 10.2 Å². The van der Waals surface area contributed by atoms with E-state index >= 15 is 0 Å². The summed E-state index contributed by atoms with van der Waals surface area (Å²) in [6.45, 7) is 10.7. The highest BCUT2D eigenvalue weighted by Crippen LogP contribution is 2.38. The summed E-state index contributed by atoms with van der Waals surface area (Å²) in [7, 11) is 0. The van der Waals surface area contributed by atoms with Gasteiger partial charge in [0.25, 0.3) is 0 Å². The van der Waals surface area contributed by atoms with Gasteiger partial charge in [0, 0.05) is 28.4 Å². The van der Waals surface area contributed by atoms with Crippen LogP contribution >= 0.6 is 0 Å². The van der Waals surface area contributed by atoms with E-state index in [2.05, 4.69) is 154 Å². The minimum absolute atomic E-state index is 1.09. The van der Waals surface area contributed by atoms with Gasteiger partial charge in [-0.3, -0.25) is 0 Å². The molecule has 5 aromatic carbocycles. The topological polar surface area (TPSA) is 15.3 Å². The van der Waals surface area contributed by atoms with Crippen LogP contribution in [0.2, 0.25) is 0 Å². The SMILES string of the molecule is Cc1ccc(N(c2ccc(-c3ccc(Nc4ccc(C)cc4C)cc3)cc2)c2ccc(C)cc2C)cc1. The predicted octanol–water partition coefficient (Wildman–Crippen LogP) is 10.1. The lowest BCUT2D eigenvalue weighted by Crippen LogP contribution is -2.11. The van der Waals surface area contributed by atoms with E-state index < -0.39 is 0 Å². The first-order chi connectivity index (χ1) is 17.9. The van der Waals surface area contributed by atoms with Crippen molar-refractivity contribution in [2.45, 2.75) is 34.6 Å². The standard InChI is InChI=1S/C35H34N2/c1-24-6-16-32(17-7-24)37(35-21-9-26(3)23-28(35)5)33-18-12-30(13-19-33)29-10-14-31(15-11-29)36-34-20-8-25(2)22-27(34)4/h6-23,36H,1-5H3. The fraction of sp³-hybridized carbons (Fsp3) is 0.143. The minimum Gasteiger partial charge on any atom is -0.355 e. The lowest BCUT2D eigenvalue weighted by atomic mass is 10.0. The molecule has 0 fully saturated rings. The molecule has 1 N–H and O–H groups in total. The molecule has 0 heterocycles. The number of aryl methyl sites for hydroxylation is 5. The molecule has 0 radical (unpaired) electrons. The lowest BCUT2D eigenvalue weighted by Gasteiger charge is -2.27. The van der Waals surface area contributed by atoms with Crippen molar-refractivity contribution < 1.29 is 0 Å². The van der Waals surface area contributed by atoms with Gasteiger partial charge in [-0.2, -0.15) is 0 Å². The van der Waals surface area contributed by atoms with Gasteiger partial charge in [-0.15, -0.1) is 0 Å². The maximum atomic E-state index is 3.54. The molecule has 0 aliphatic rings. The number of hydrogen-bond donors (Lipinski definition) is 1. The summed E-state index contributed by atoms with van der Waals surface area (Å²) in [5.41, 5.74) is 14.5. The first-order valence-corrected chi connectivity index (χ1v) is 12.9. The van der Waals surface area contributed by atoms with Crippen LogP contribution in [0.15, 0.2) is 109 Å². The first-order valence-electron chi connectivity index (χ1n) is 12.9. The maximum absolute atomic E-state index is 3.54. The predicted molar refractivity (Wildman–Crippen MR) is 160 cm³/mol. The molecule has 5 rings (SSSR count). The molecule has 0 spiro atoms. The molecule has 0 aromatic heterocycles. The Balaban J connectivity index is 1.42. The first kappa shape index (κ1) is 24.4. The zero-order valence-corrected chi connectivity index (χ0v) is 22.3. The Kier molecular flexibility index (Phi) is 6.83. The molecular weight excluding hydrogens is 448 g/mol. The highest BCUT2D eigenvalue weighted by Gasteiger charge is 2.15. The third kappa shape index (κ3) is 5.44. The second-order valence-electron chi connectivity index (χ2n) is 10.0. The van der Waals surface area contributed by atoms with Crippen LogP contribution in [0.25, 0.3) is 11.1 Å². The molecule has 0 atom stereocenters. The zero-order chi connectivity index (χ0) is 25.9. The Morgan fingerprint density at radius 3 is 1.51 bits per heavy atom. The van der Waals surface area contributed by atoms with Crippen molar-refractivity contribution in [1.29, 1.82) is 0 Å². The molecule has 0 unspecified atom stereocenters. The number of rotatable bonds is 6. The van der Waals surface area contributed by atoms with Gasteiger partial charge in [-0.25, -0.2) is 0 Å². The lowest BCUT2D eigenvalue weighted by molar-refractivity contribution is 1.23. The van der Waals surface area contributed by atoms with E-state index in [0.29, 0.717) is 0 Å². The summed E-state index contributed by atoms with van der Waals surface area (Å²) in [6, 6.07) is 39.4. The van der Waals surface area contributed by atoms with Gasteiger partial charge in [0.15, 0.2) is 0 Å². The van der Waals surface area contributed by atoms with Crippen molar-refractivity contribution in [3.63, 3.8) is 0 Å². The zero-order valence-electron chi connectivity index (χ0n) is 22.3. The second-order valence-corrected chi connectivity index (χ2v) is 10.0. The molecule has 0 aliphatic carbocycles. The molecule has 0 saturated heterocycles. The summed E-state index contributed by atoms with van der Waals surface area (Å²) in [4.78, 5) is 2.34. The Hall–Kier alpha value is -4.30. The Morgan fingerprint density at radius 1 is 0.459 bits per heavy atom. The third-order valence-corrected chi connectivity index (χ3v) is 6.89. The minimum atomic E-state index is 1.09. The van der Waals surface area contributed by atoms with Gasteiger partial charge in [0.1, 0.15) is 0 Å². The number of anilines is 5. The fourth-order valence-corrected chi connectivity index (χ4v) is 4.84. The number of hydrogen-bond acceptors (Lipinski definition) is 2. The molecule has 2 nitrogen and oxygen atoms in total. The third-order valence-electron chi connectivity index (χ3n) is 6.89. The molecule has 184 valence electrons. The summed E-state index contributed by atoms with van der Waals surface area (Å²) >= 11 is 0. The van der Waals surface area contributed by atoms with Crippen molar-refractivity contribution in [2.75, 3.05) is 10.2 Å². The average molecular weight is 483 g/mol. The summed E-state index contributed by atoms with van der Waals surface area (Å²) in [6.07, 6.45) is 0. The van der Waals surface area contributed by atoms with Crippen molar-refractivity contribution in [2.24, 2.45) is 0 Å². The van der Waals surface area contributed by atoms with Crippen molar-refractivity contribution in [1.82, 2.24) is 0 Å². The van der Waals surface area contributed by atoms with Crippen LogP contribution in [0.1, 0.15) is 27.8 Å². The van der Waals surface area contributed by atoms with Gasteiger partial charge in [-0.05, 0) is 105 Å². The van der Waals surface area contributed by atoms with Crippen LogP contribution in [-0.4, -0.2) is 0 Å². The van der Waals surface area contributed by atoms with Gasteiger partial charge in [-0.1, -0.05) is 77.4 Å². The fourth-order valence-electron chi connectivity index (χ4n) is 4.84. The molecule has 37 heavy (non-hydrogen) atoms. The number of nitrogens with one attached hydrogen (secondary N) is 1.